The smallest absolute Gasteiger partial charge is 0.325 e. The number of ether oxygens (including phenoxy) is 4. The van der Waals surface area contributed by atoms with E-state index in [4.69, 9.17) is 18.9 Å². The molecule has 0 aromatic rings. The lowest BCUT2D eigenvalue weighted by molar-refractivity contribution is -0.211. The zero-order valence-electron chi connectivity index (χ0n) is 38.2. The molecule has 0 unspecified atom stereocenters. The van der Waals surface area contributed by atoms with Crippen molar-refractivity contribution in [3.63, 3.8) is 0 Å². The van der Waals surface area contributed by atoms with E-state index in [0.717, 1.165) is 0 Å². The predicted octanol–water partition coefficient (Wildman–Crippen LogP) is 6.41. The predicted molar refractivity (Wildman–Crippen MR) is 218 cm³/mol. The molecule has 4 N–H and O–H groups in total. The van der Waals surface area contributed by atoms with Crippen LogP contribution in [-0.4, -0.2) is 92.6 Å². The lowest BCUT2D eigenvalue weighted by atomic mass is 9.64. The summed E-state index contributed by atoms with van der Waals surface area (Å²) in [6.07, 6.45) is 1.14. The van der Waals surface area contributed by atoms with E-state index in [0.29, 0.717) is 51.4 Å². The fourth-order valence-electron chi connectivity index (χ4n) is 11.3. The Kier molecular flexibility index (Phi) is 12.2. The summed E-state index contributed by atoms with van der Waals surface area (Å²) < 4.78 is 25.4. The number of nitrogens with one attached hydrogen (secondary N) is 4. The van der Waals surface area contributed by atoms with E-state index in [2.05, 4.69) is 21.3 Å². The molecule has 0 radical (unpaired) electrons. The molecule has 4 aliphatic rings. The highest BCUT2D eigenvalue weighted by Gasteiger charge is 2.70. The van der Waals surface area contributed by atoms with Crippen LogP contribution >= 0.6 is 0 Å². The second-order valence-corrected chi connectivity index (χ2v) is 23.6. The first-order chi connectivity index (χ1) is 24.9. The van der Waals surface area contributed by atoms with Gasteiger partial charge in [0.1, 0.15) is 24.4 Å². The van der Waals surface area contributed by atoms with Crippen molar-refractivity contribution in [2.24, 2.45) is 10.8 Å². The summed E-state index contributed by atoms with van der Waals surface area (Å²) in [4.78, 5) is 60.6. The molecule has 0 saturated carbocycles. The van der Waals surface area contributed by atoms with E-state index in [9.17, 15) is 0 Å². The van der Waals surface area contributed by atoms with Crippen molar-refractivity contribution < 1.29 is 38.1 Å². The monoisotopic (exact) mass is 791 g/mol. The Balaban J connectivity index is 1.86. The number of rotatable bonds is 9. The minimum absolute atomic E-state index is 0.402. The van der Waals surface area contributed by atoms with Crippen LogP contribution < -0.4 is 21.3 Å². The number of piperidine rings is 4. The van der Waals surface area contributed by atoms with Gasteiger partial charge in [-0.15, -0.1) is 0 Å². The first-order valence-corrected chi connectivity index (χ1v) is 20.9. The van der Waals surface area contributed by atoms with Gasteiger partial charge in [0, 0.05) is 95.7 Å². The summed E-state index contributed by atoms with van der Waals surface area (Å²) in [6.45, 7) is 35.2. The molecule has 322 valence electrons. The molecule has 56 heavy (non-hydrogen) atoms. The Morgan fingerprint density at radius 3 is 0.589 bits per heavy atom. The molecule has 0 bridgehead atoms. The van der Waals surface area contributed by atoms with Crippen LogP contribution in [0.1, 0.15) is 176 Å². The maximum Gasteiger partial charge on any atom is 0.325 e. The zero-order chi connectivity index (χ0) is 42.9. The summed E-state index contributed by atoms with van der Waals surface area (Å²) in [7, 11) is 0. The average Bonchev–Trinajstić information content (AvgIpc) is 2.88. The van der Waals surface area contributed by atoms with E-state index in [1.165, 1.54) is 13.8 Å². The number of carbonyl (C=O) groups excluding carboxylic acids is 4. The van der Waals surface area contributed by atoms with Crippen LogP contribution in [0.25, 0.3) is 0 Å². The highest BCUT2D eigenvalue weighted by molar-refractivity contribution is 6.14. The molecule has 12 nitrogen and oxygen atoms in total. The summed E-state index contributed by atoms with van der Waals surface area (Å²) >= 11 is 0. The van der Waals surface area contributed by atoms with Crippen molar-refractivity contribution >= 4 is 23.9 Å². The van der Waals surface area contributed by atoms with Crippen LogP contribution in [0.3, 0.4) is 0 Å². The van der Waals surface area contributed by atoms with E-state index in [-0.39, 0.29) is 0 Å². The van der Waals surface area contributed by atoms with Gasteiger partial charge in [-0.1, -0.05) is 0 Å². The molecule has 0 aromatic heterocycles. The number of hydrogen-bond donors (Lipinski definition) is 4. The van der Waals surface area contributed by atoms with Crippen molar-refractivity contribution in [2.75, 3.05) is 0 Å². The molecule has 0 aromatic carbocycles. The van der Waals surface area contributed by atoms with Crippen LogP contribution in [0.5, 0.6) is 0 Å². The van der Waals surface area contributed by atoms with Crippen molar-refractivity contribution in [1.29, 1.82) is 0 Å². The van der Waals surface area contributed by atoms with Gasteiger partial charge < -0.3 is 40.2 Å². The summed E-state index contributed by atoms with van der Waals surface area (Å²) in [5.41, 5.74) is -8.20. The van der Waals surface area contributed by atoms with Crippen molar-refractivity contribution in [1.82, 2.24) is 21.3 Å². The highest BCUT2D eigenvalue weighted by Crippen LogP contribution is 2.48. The van der Waals surface area contributed by atoms with E-state index < -0.39 is 103 Å². The van der Waals surface area contributed by atoms with Crippen molar-refractivity contribution in [3.8, 4) is 0 Å². The average molecular weight is 791 g/mol. The minimum atomic E-state index is -2.49. The lowest BCUT2D eigenvalue weighted by Crippen LogP contribution is -2.65. The first-order valence-electron chi connectivity index (χ1n) is 20.9. The van der Waals surface area contributed by atoms with Crippen molar-refractivity contribution in [3.05, 3.63) is 0 Å². The second-order valence-electron chi connectivity index (χ2n) is 23.6. The molecule has 0 spiro atoms. The largest absolute Gasteiger partial charge is 0.461 e. The fourth-order valence-corrected chi connectivity index (χ4v) is 11.3. The van der Waals surface area contributed by atoms with Gasteiger partial charge in [0.05, 0.1) is 0 Å². The number of esters is 4. The Bertz CT molecular complexity index is 1250. The van der Waals surface area contributed by atoms with Gasteiger partial charge in [0.25, 0.3) is 0 Å². The molecule has 0 aliphatic carbocycles. The molecule has 4 rings (SSSR count). The number of hydrogen-bond acceptors (Lipinski definition) is 12. The summed E-state index contributed by atoms with van der Waals surface area (Å²) in [5.74, 6) is -4.05. The standard InChI is InChI=1S/C44H78N4O8/c1-35(2)19-27(20-36(3,4)45-35)53-31(49)43(17,32(50)54-28-21-37(5,6)46-38(7,8)22-28)44(18,33(51)55-29-23-39(9,10)47-40(11,12)24-29)34(52)56-30-25-41(13,14)48-42(15,16)26-30/h27-30,45-48H,19-26H2,1-18H3. The molecule has 0 amide bonds. The van der Waals surface area contributed by atoms with Crippen LogP contribution in [0, 0.1) is 10.8 Å². The quantitative estimate of drug-likeness (QED) is 0.116. The van der Waals surface area contributed by atoms with Crippen molar-refractivity contribution in [2.45, 2.75) is 245 Å². The van der Waals surface area contributed by atoms with E-state index >= 15 is 19.2 Å². The Morgan fingerprint density at radius 2 is 0.464 bits per heavy atom. The summed E-state index contributed by atoms with van der Waals surface area (Å²) in [5, 5.41) is 14.4. The molecule has 4 aliphatic heterocycles. The molecule has 12 heteroatoms. The topological polar surface area (TPSA) is 153 Å². The van der Waals surface area contributed by atoms with Crippen LogP contribution in [0.2, 0.25) is 0 Å². The third-order valence-corrected chi connectivity index (χ3v) is 12.3. The van der Waals surface area contributed by atoms with E-state index in [1.54, 1.807) is 0 Å². The minimum Gasteiger partial charge on any atom is -0.461 e. The molecule has 4 fully saturated rings. The van der Waals surface area contributed by atoms with Gasteiger partial charge in [0.2, 0.25) is 0 Å². The lowest BCUT2D eigenvalue weighted by Gasteiger charge is -2.49. The summed E-state index contributed by atoms with van der Waals surface area (Å²) in [6, 6.07) is 0. The molecule has 4 heterocycles. The Morgan fingerprint density at radius 1 is 0.339 bits per heavy atom. The maximum atomic E-state index is 15.2. The normalized spacial score (nSPS) is 27.4. The van der Waals surface area contributed by atoms with Crippen LogP contribution in [-0.2, 0) is 38.1 Å². The maximum absolute atomic E-state index is 15.2. The van der Waals surface area contributed by atoms with Crippen LogP contribution in [0.4, 0.5) is 0 Å². The Labute approximate surface area is 338 Å². The SMILES string of the molecule is CC1(C)CC(OC(=O)C(C)(C(=O)OC2CC(C)(C)NC(C)(C)C2)C(C)(C(=O)OC2CC(C)(C)NC(C)(C)C2)C(=O)OC2CC(C)(C)NC(C)(C)C2)CC(C)(C)N1. The molecular formula is C44H78N4O8. The molecule has 4 saturated heterocycles. The van der Waals surface area contributed by atoms with Gasteiger partial charge >= 0.3 is 23.9 Å². The van der Waals surface area contributed by atoms with E-state index in [1.807, 2.05) is 111 Å². The van der Waals surface area contributed by atoms with Gasteiger partial charge in [-0.3, -0.25) is 19.2 Å². The third-order valence-electron chi connectivity index (χ3n) is 12.3. The zero-order valence-corrected chi connectivity index (χ0v) is 38.2. The third kappa shape index (κ3) is 10.9. The van der Waals surface area contributed by atoms with Gasteiger partial charge in [-0.25, -0.2) is 0 Å². The van der Waals surface area contributed by atoms with Gasteiger partial charge in [-0.05, 0) is 125 Å². The molecule has 0 atom stereocenters. The molecular weight excluding hydrogens is 713 g/mol. The fraction of sp³-hybridized carbons (Fsp3) is 0.909. The number of carbonyl (C=O) groups is 4. The Hall–Kier alpha value is -2.28. The highest BCUT2D eigenvalue weighted by atomic mass is 16.6. The second kappa shape index (κ2) is 14.8. The van der Waals surface area contributed by atoms with Crippen LogP contribution in [0.15, 0.2) is 0 Å². The van der Waals surface area contributed by atoms with Gasteiger partial charge in [-0.2, -0.15) is 0 Å². The first kappa shape index (κ1) is 46.4. The van der Waals surface area contributed by atoms with Gasteiger partial charge in [0.15, 0.2) is 10.8 Å².